The molecule has 5 nitrogen and oxygen atoms in total. The van der Waals surface area contributed by atoms with Gasteiger partial charge in [-0.1, -0.05) is 136 Å². The van der Waals surface area contributed by atoms with Crippen molar-refractivity contribution in [1.29, 1.82) is 0 Å². The summed E-state index contributed by atoms with van der Waals surface area (Å²) in [4.78, 5) is 26.5. The van der Waals surface area contributed by atoms with Crippen molar-refractivity contribution >= 4 is 34.2 Å². The van der Waals surface area contributed by atoms with Gasteiger partial charge in [-0.2, -0.15) is 0 Å². The third-order valence-electron chi connectivity index (χ3n) is 6.87. The Morgan fingerprint density at radius 1 is 0.784 bits per heavy atom. The number of carbonyl (C=O) groups excluding carboxylic acids is 1. The van der Waals surface area contributed by atoms with E-state index in [1.54, 1.807) is 11.3 Å². The second-order valence-electron chi connectivity index (χ2n) is 12.6. The van der Waals surface area contributed by atoms with Crippen LogP contribution >= 0.6 is 11.3 Å². The van der Waals surface area contributed by atoms with Gasteiger partial charge in [-0.25, -0.2) is 9.78 Å². The van der Waals surface area contributed by atoms with Crippen molar-refractivity contribution in [3.63, 3.8) is 0 Å². The van der Waals surface area contributed by atoms with E-state index in [1.165, 1.54) is 77.0 Å². The quantitative estimate of drug-likeness (QED) is 0.121. The van der Waals surface area contributed by atoms with Gasteiger partial charge in [0.2, 0.25) is 0 Å². The van der Waals surface area contributed by atoms with Crippen LogP contribution in [0.4, 0.5) is 5.13 Å². The molecule has 0 aliphatic carbocycles. The Labute approximate surface area is 231 Å². The molecular weight excluding hydrogens is 478 g/mol. The molecule has 1 aromatic rings. The number of nitrogens with zero attached hydrogens (tertiary/aromatic N) is 3. The summed E-state index contributed by atoms with van der Waals surface area (Å²) in [5, 5.41) is 5.20. The Bertz CT molecular complexity index is 887. The molecule has 0 saturated carbocycles. The molecule has 0 saturated heterocycles. The predicted molar refractivity (Wildman–Crippen MR) is 161 cm³/mol. The molecule has 37 heavy (non-hydrogen) atoms. The minimum atomic E-state index is -0.365. The number of unbranched alkanes of at least 4 members (excludes halogenated alkanes) is 10. The van der Waals surface area contributed by atoms with Crippen molar-refractivity contribution in [3.8, 4) is 0 Å². The van der Waals surface area contributed by atoms with Crippen molar-refractivity contribution < 1.29 is 9.63 Å². The third-order valence-corrected chi connectivity index (χ3v) is 7.93. The number of thiazole rings is 1. The smallest absolute Gasteiger partial charge is 0.348 e. The number of hydrogen-bond acceptors (Lipinski definition) is 6. The van der Waals surface area contributed by atoms with Gasteiger partial charge in [-0.3, -0.25) is 0 Å². The van der Waals surface area contributed by atoms with Gasteiger partial charge in [0.05, 0.1) is 16.1 Å². The molecule has 0 spiro atoms. The SMILES string of the molecule is CCCCCCCCN(CCCCCCCC)c1nc(C(C)(C)C)c(/C=C2/C(=O)ON=C2C(C)(C)C)s1. The fourth-order valence-electron chi connectivity index (χ4n) is 4.64. The summed E-state index contributed by atoms with van der Waals surface area (Å²) < 4.78 is 0. The van der Waals surface area contributed by atoms with Crippen LogP contribution in [0.25, 0.3) is 6.08 Å². The molecule has 210 valence electrons. The highest BCUT2D eigenvalue weighted by atomic mass is 32.1. The molecule has 0 amide bonds. The fraction of sp³-hybridized carbons (Fsp3) is 0.774. The maximum absolute atomic E-state index is 12.6. The van der Waals surface area contributed by atoms with Crippen LogP contribution in [-0.2, 0) is 15.0 Å². The lowest BCUT2D eigenvalue weighted by atomic mass is 9.85. The molecular formula is C31H53N3O2S. The normalized spacial score (nSPS) is 15.4. The fourth-order valence-corrected chi connectivity index (χ4v) is 5.91. The maximum atomic E-state index is 12.6. The Kier molecular flexibility index (Phi) is 12.8. The Morgan fingerprint density at radius 3 is 1.78 bits per heavy atom. The van der Waals surface area contributed by atoms with Gasteiger partial charge in [0, 0.05) is 23.9 Å². The first kappa shape index (κ1) is 31.5. The minimum absolute atomic E-state index is 0.130. The molecule has 0 N–H and O–H groups in total. The first-order valence-electron chi connectivity index (χ1n) is 14.8. The van der Waals surface area contributed by atoms with E-state index >= 15 is 0 Å². The van der Waals surface area contributed by atoms with E-state index < -0.39 is 0 Å². The number of hydrogen-bond donors (Lipinski definition) is 0. The Hall–Kier alpha value is -1.69. The average molecular weight is 532 g/mol. The van der Waals surface area contributed by atoms with Gasteiger partial charge >= 0.3 is 5.97 Å². The summed E-state index contributed by atoms with van der Waals surface area (Å²) in [5.74, 6) is -0.365. The van der Waals surface area contributed by atoms with Crippen molar-refractivity contribution in [2.75, 3.05) is 18.0 Å². The average Bonchev–Trinajstić information content (AvgIpc) is 3.41. The third kappa shape index (κ3) is 10.2. The minimum Gasteiger partial charge on any atom is -0.348 e. The molecule has 0 radical (unpaired) electrons. The number of carbonyl (C=O) groups is 1. The maximum Gasteiger partial charge on any atom is 0.367 e. The van der Waals surface area contributed by atoms with E-state index in [-0.39, 0.29) is 16.8 Å². The van der Waals surface area contributed by atoms with Crippen molar-refractivity contribution in [2.45, 2.75) is 138 Å². The predicted octanol–water partition coefficient (Wildman–Crippen LogP) is 9.31. The first-order chi connectivity index (χ1) is 17.5. The molecule has 2 rings (SSSR count). The molecule has 0 aromatic carbocycles. The summed E-state index contributed by atoms with van der Waals surface area (Å²) in [6.07, 6.45) is 17.5. The zero-order chi connectivity index (χ0) is 27.5. The van der Waals surface area contributed by atoms with E-state index in [4.69, 9.17) is 9.82 Å². The monoisotopic (exact) mass is 531 g/mol. The second-order valence-corrected chi connectivity index (χ2v) is 13.6. The van der Waals surface area contributed by atoms with E-state index in [1.807, 2.05) is 6.08 Å². The Morgan fingerprint density at radius 2 is 1.30 bits per heavy atom. The van der Waals surface area contributed by atoms with E-state index in [2.05, 4.69) is 65.4 Å². The van der Waals surface area contributed by atoms with Crippen LogP contribution in [0.5, 0.6) is 0 Å². The molecule has 2 heterocycles. The van der Waals surface area contributed by atoms with Gasteiger partial charge in [0.1, 0.15) is 5.71 Å². The molecule has 0 atom stereocenters. The molecule has 1 aliphatic heterocycles. The van der Waals surface area contributed by atoms with Crippen LogP contribution in [0.1, 0.15) is 143 Å². The van der Waals surface area contributed by atoms with Crippen molar-refractivity contribution in [3.05, 3.63) is 16.1 Å². The lowest BCUT2D eigenvalue weighted by molar-refractivity contribution is -0.136. The zero-order valence-electron chi connectivity index (χ0n) is 25.0. The van der Waals surface area contributed by atoms with Gasteiger partial charge in [0.25, 0.3) is 0 Å². The summed E-state index contributed by atoms with van der Waals surface area (Å²) in [6, 6.07) is 0. The lowest BCUT2D eigenvalue weighted by Crippen LogP contribution is -2.26. The van der Waals surface area contributed by atoms with Crippen LogP contribution < -0.4 is 4.90 Å². The van der Waals surface area contributed by atoms with Crippen LogP contribution in [-0.4, -0.2) is 29.8 Å². The van der Waals surface area contributed by atoms with Crippen LogP contribution in [0.3, 0.4) is 0 Å². The summed E-state index contributed by atoms with van der Waals surface area (Å²) >= 11 is 1.72. The van der Waals surface area contributed by atoms with Gasteiger partial charge in [-0.05, 0) is 18.9 Å². The molecule has 0 unspecified atom stereocenters. The number of aromatic nitrogens is 1. The van der Waals surface area contributed by atoms with Gasteiger partial charge in [0.15, 0.2) is 5.13 Å². The van der Waals surface area contributed by atoms with Crippen LogP contribution in [0, 0.1) is 5.41 Å². The molecule has 1 aromatic heterocycles. The van der Waals surface area contributed by atoms with Crippen molar-refractivity contribution in [2.24, 2.45) is 10.6 Å². The van der Waals surface area contributed by atoms with Crippen LogP contribution in [0.2, 0.25) is 0 Å². The summed E-state index contributed by atoms with van der Waals surface area (Å²) in [6.45, 7) is 19.4. The Balaban J connectivity index is 2.28. The van der Waals surface area contributed by atoms with E-state index in [0.29, 0.717) is 11.3 Å². The van der Waals surface area contributed by atoms with Crippen molar-refractivity contribution in [1.82, 2.24) is 4.98 Å². The first-order valence-corrected chi connectivity index (χ1v) is 15.6. The zero-order valence-corrected chi connectivity index (χ0v) is 25.9. The topological polar surface area (TPSA) is 54.8 Å². The largest absolute Gasteiger partial charge is 0.367 e. The second kappa shape index (κ2) is 15.0. The highest BCUT2D eigenvalue weighted by Gasteiger charge is 2.35. The van der Waals surface area contributed by atoms with Gasteiger partial charge < -0.3 is 9.74 Å². The number of oxime groups is 1. The summed E-state index contributed by atoms with van der Waals surface area (Å²) in [7, 11) is 0. The summed E-state index contributed by atoms with van der Waals surface area (Å²) in [5.41, 5.74) is 1.92. The number of rotatable bonds is 16. The lowest BCUT2D eigenvalue weighted by Gasteiger charge is -2.22. The molecule has 0 bridgehead atoms. The van der Waals surface area contributed by atoms with E-state index in [0.717, 1.165) is 28.8 Å². The molecule has 1 aliphatic rings. The standard InChI is InChI=1S/C31H53N3O2S/c1-9-11-13-15-17-19-21-34(22-20-18-16-14-12-10-2)29-32-27(31(6,7)8)25(37-29)23-24-26(30(3,4)5)33-36-28(24)35/h23H,9-22H2,1-8H3/b24-23+. The van der Waals surface area contributed by atoms with Gasteiger partial charge in [-0.15, -0.1) is 0 Å². The van der Waals surface area contributed by atoms with E-state index in [9.17, 15) is 4.79 Å². The highest BCUT2D eigenvalue weighted by molar-refractivity contribution is 7.16. The highest BCUT2D eigenvalue weighted by Crippen LogP contribution is 2.37. The van der Waals surface area contributed by atoms with Crippen LogP contribution in [0.15, 0.2) is 10.7 Å². The molecule has 6 heteroatoms. The molecule has 0 fully saturated rings. The number of anilines is 1.